The SMILES string of the molecule is CC(C(=O)O)N(C)S(=O)(=O)CCCN1C(=O)c2ccccc2C1=O. The molecule has 130 valence electrons. The number of aliphatic carboxylic acids is 1. The minimum Gasteiger partial charge on any atom is -0.480 e. The molecule has 0 radical (unpaired) electrons. The Morgan fingerprint density at radius 1 is 1.21 bits per heavy atom. The summed E-state index contributed by atoms with van der Waals surface area (Å²) in [5, 5.41) is 8.88. The summed E-state index contributed by atoms with van der Waals surface area (Å²) in [6, 6.07) is 5.22. The van der Waals surface area contributed by atoms with Crippen molar-refractivity contribution in [2.24, 2.45) is 0 Å². The van der Waals surface area contributed by atoms with Crippen LogP contribution in [-0.2, 0) is 14.8 Å². The van der Waals surface area contributed by atoms with Crippen LogP contribution in [0.15, 0.2) is 24.3 Å². The molecule has 1 heterocycles. The Morgan fingerprint density at radius 3 is 2.17 bits per heavy atom. The van der Waals surface area contributed by atoms with Crippen molar-refractivity contribution < 1.29 is 27.9 Å². The molecule has 0 bridgehead atoms. The first kappa shape index (κ1) is 18.1. The van der Waals surface area contributed by atoms with Gasteiger partial charge in [-0.2, -0.15) is 4.31 Å². The molecule has 1 unspecified atom stereocenters. The lowest BCUT2D eigenvalue weighted by Gasteiger charge is -2.21. The third-order valence-corrected chi connectivity index (χ3v) is 6.00. The molecule has 1 atom stereocenters. The van der Waals surface area contributed by atoms with Crippen molar-refractivity contribution in [1.82, 2.24) is 9.21 Å². The van der Waals surface area contributed by atoms with E-state index in [0.717, 1.165) is 9.21 Å². The number of carboxylic acids is 1. The number of imide groups is 1. The molecule has 0 saturated heterocycles. The van der Waals surface area contributed by atoms with Gasteiger partial charge in [-0.15, -0.1) is 0 Å². The zero-order chi connectivity index (χ0) is 18.1. The standard InChI is InChI=1S/C15H18N2O6S/c1-10(15(20)21)16(2)24(22,23)9-5-8-17-13(18)11-6-3-4-7-12(11)14(17)19/h3-4,6-7,10H,5,8-9H2,1-2H3,(H,20,21). The Hall–Kier alpha value is -2.26. The average molecular weight is 354 g/mol. The largest absolute Gasteiger partial charge is 0.480 e. The minimum atomic E-state index is -3.80. The van der Waals surface area contributed by atoms with E-state index < -0.39 is 33.8 Å². The lowest BCUT2D eigenvalue weighted by atomic mass is 10.1. The van der Waals surface area contributed by atoms with E-state index in [1.807, 2.05) is 0 Å². The van der Waals surface area contributed by atoms with Crippen molar-refractivity contribution >= 4 is 27.8 Å². The van der Waals surface area contributed by atoms with Crippen LogP contribution in [0.2, 0.25) is 0 Å². The number of rotatable bonds is 7. The van der Waals surface area contributed by atoms with Crippen LogP contribution in [0.25, 0.3) is 0 Å². The first-order valence-electron chi connectivity index (χ1n) is 7.30. The smallest absolute Gasteiger partial charge is 0.321 e. The zero-order valence-electron chi connectivity index (χ0n) is 13.3. The number of carbonyl (C=O) groups excluding carboxylic acids is 2. The van der Waals surface area contributed by atoms with Gasteiger partial charge in [-0.3, -0.25) is 19.3 Å². The molecule has 0 saturated carbocycles. The summed E-state index contributed by atoms with van der Waals surface area (Å²) in [5.41, 5.74) is 0.615. The van der Waals surface area contributed by atoms with Crippen molar-refractivity contribution in [3.63, 3.8) is 0 Å². The predicted molar refractivity (Wildman–Crippen MR) is 85.1 cm³/mol. The van der Waals surface area contributed by atoms with Crippen molar-refractivity contribution in [1.29, 1.82) is 0 Å². The van der Waals surface area contributed by atoms with E-state index in [1.165, 1.54) is 14.0 Å². The Balaban J connectivity index is 1.99. The first-order valence-corrected chi connectivity index (χ1v) is 8.91. The number of hydrogen-bond acceptors (Lipinski definition) is 5. The lowest BCUT2D eigenvalue weighted by molar-refractivity contribution is -0.140. The van der Waals surface area contributed by atoms with Gasteiger partial charge in [-0.25, -0.2) is 8.42 Å². The van der Waals surface area contributed by atoms with Crippen LogP contribution in [0.1, 0.15) is 34.1 Å². The Morgan fingerprint density at radius 2 is 1.71 bits per heavy atom. The quantitative estimate of drug-likeness (QED) is 0.710. The summed E-state index contributed by atoms with van der Waals surface area (Å²) in [6.45, 7) is 1.23. The number of nitrogens with zero attached hydrogens (tertiary/aromatic N) is 2. The number of hydrogen-bond donors (Lipinski definition) is 1. The molecule has 0 aromatic heterocycles. The predicted octanol–water partition coefficient (Wildman–Crippen LogP) is 0.407. The van der Waals surface area contributed by atoms with Crippen LogP contribution >= 0.6 is 0 Å². The van der Waals surface area contributed by atoms with Crippen LogP contribution < -0.4 is 0 Å². The van der Waals surface area contributed by atoms with Gasteiger partial charge in [0.2, 0.25) is 10.0 Å². The van der Waals surface area contributed by atoms with Gasteiger partial charge < -0.3 is 5.11 Å². The summed E-state index contributed by atoms with van der Waals surface area (Å²) < 4.78 is 25.0. The summed E-state index contributed by atoms with van der Waals surface area (Å²) >= 11 is 0. The van der Waals surface area contributed by atoms with Crippen LogP contribution in [-0.4, -0.2) is 65.9 Å². The van der Waals surface area contributed by atoms with Crippen molar-refractivity contribution in [3.05, 3.63) is 35.4 Å². The molecule has 8 nitrogen and oxygen atoms in total. The number of sulfonamides is 1. The van der Waals surface area contributed by atoms with Crippen LogP contribution in [0.4, 0.5) is 0 Å². The Bertz CT molecular complexity index is 754. The molecule has 2 amide bonds. The normalized spacial score (nSPS) is 15.7. The second-order valence-electron chi connectivity index (χ2n) is 5.51. The van der Waals surface area contributed by atoms with Crippen molar-refractivity contribution in [2.45, 2.75) is 19.4 Å². The van der Waals surface area contributed by atoms with E-state index in [0.29, 0.717) is 11.1 Å². The second kappa shape index (κ2) is 6.70. The molecule has 1 aliphatic rings. The first-order chi connectivity index (χ1) is 11.2. The summed E-state index contributed by atoms with van der Waals surface area (Å²) in [5.74, 6) is -2.49. The number of amides is 2. The van der Waals surface area contributed by atoms with Crippen molar-refractivity contribution in [3.8, 4) is 0 Å². The van der Waals surface area contributed by atoms with E-state index >= 15 is 0 Å². The van der Waals surface area contributed by atoms with E-state index in [2.05, 4.69) is 0 Å². The fourth-order valence-electron chi connectivity index (χ4n) is 2.39. The van der Waals surface area contributed by atoms with Gasteiger partial charge in [0.15, 0.2) is 0 Å². The molecule has 1 N–H and O–H groups in total. The number of fused-ring (bicyclic) bond motifs is 1. The van der Waals surface area contributed by atoms with Crippen LogP contribution in [0.5, 0.6) is 0 Å². The van der Waals surface area contributed by atoms with Crippen LogP contribution in [0.3, 0.4) is 0 Å². The molecule has 24 heavy (non-hydrogen) atoms. The molecule has 0 spiro atoms. The molecular formula is C15H18N2O6S. The summed E-state index contributed by atoms with van der Waals surface area (Å²) in [4.78, 5) is 36.2. The number of carbonyl (C=O) groups is 3. The zero-order valence-corrected chi connectivity index (χ0v) is 14.1. The third-order valence-electron chi connectivity index (χ3n) is 4.00. The summed E-state index contributed by atoms with van der Waals surface area (Å²) in [6.07, 6.45) is 0.0322. The topological polar surface area (TPSA) is 112 Å². The molecule has 9 heteroatoms. The number of likely N-dealkylation sites (N-methyl/N-ethyl adjacent to an activating group) is 1. The monoisotopic (exact) mass is 354 g/mol. The molecule has 2 rings (SSSR count). The van der Waals surface area contributed by atoms with Gasteiger partial charge >= 0.3 is 5.97 Å². The van der Waals surface area contributed by atoms with Gasteiger partial charge in [0.05, 0.1) is 16.9 Å². The molecule has 1 aliphatic heterocycles. The van der Waals surface area contributed by atoms with Crippen LogP contribution in [0, 0.1) is 0 Å². The summed E-state index contributed by atoms with van der Waals surface area (Å²) in [7, 11) is -2.60. The highest BCUT2D eigenvalue weighted by Gasteiger charge is 2.35. The van der Waals surface area contributed by atoms with E-state index in [4.69, 9.17) is 5.11 Å². The molecule has 0 fully saturated rings. The maximum Gasteiger partial charge on any atom is 0.321 e. The number of benzene rings is 1. The third kappa shape index (κ3) is 3.31. The Kier molecular flexibility index (Phi) is 5.05. The maximum absolute atomic E-state index is 12.2. The van der Waals surface area contributed by atoms with E-state index in [-0.39, 0.29) is 18.7 Å². The highest BCUT2D eigenvalue weighted by atomic mass is 32.2. The highest BCUT2D eigenvalue weighted by Crippen LogP contribution is 2.22. The molecule has 0 aliphatic carbocycles. The molecular weight excluding hydrogens is 336 g/mol. The van der Waals surface area contributed by atoms with Crippen molar-refractivity contribution in [2.75, 3.05) is 19.3 Å². The lowest BCUT2D eigenvalue weighted by Crippen LogP contribution is -2.42. The molecule has 1 aromatic carbocycles. The molecule has 1 aromatic rings. The van der Waals surface area contributed by atoms with Gasteiger partial charge in [0.1, 0.15) is 6.04 Å². The van der Waals surface area contributed by atoms with Gasteiger partial charge in [-0.1, -0.05) is 12.1 Å². The fourth-order valence-corrected chi connectivity index (χ4v) is 3.74. The maximum atomic E-state index is 12.2. The highest BCUT2D eigenvalue weighted by molar-refractivity contribution is 7.89. The van der Waals surface area contributed by atoms with E-state index in [1.54, 1.807) is 24.3 Å². The minimum absolute atomic E-state index is 0.0322. The van der Waals surface area contributed by atoms with Gasteiger partial charge in [-0.05, 0) is 25.5 Å². The van der Waals surface area contributed by atoms with E-state index in [9.17, 15) is 22.8 Å². The second-order valence-corrected chi connectivity index (χ2v) is 7.66. The Labute approximate surface area is 139 Å². The average Bonchev–Trinajstić information content (AvgIpc) is 2.78. The van der Waals surface area contributed by atoms with Gasteiger partial charge in [0.25, 0.3) is 11.8 Å². The number of carboxylic acid groups (broad SMARTS) is 1. The van der Waals surface area contributed by atoms with Gasteiger partial charge in [0, 0.05) is 13.6 Å². The fraction of sp³-hybridized carbons (Fsp3) is 0.400.